The largest absolute Gasteiger partial charge is 0.493 e. The van der Waals surface area contributed by atoms with Gasteiger partial charge in [-0.2, -0.15) is 0 Å². The molecule has 106 valence electrons. The summed E-state index contributed by atoms with van der Waals surface area (Å²) in [5.74, 6) is 1.18. The average molecular weight is 272 g/mol. The molecule has 0 atom stereocenters. The molecule has 1 heterocycles. The first kappa shape index (κ1) is 13.3. The van der Waals surface area contributed by atoms with Crippen LogP contribution in [-0.2, 0) is 16.0 Å². The number of hydrogen-bond acceptors (Lipinski definition) is 3. The van der Waals surface area contributed by atoms with Crippen molar-refractivity contribution in [1.29, 1.82) is 0 Å². The van der Waals surface area contributed by atoms with Crippen molar-refractivity contribution in [3.05, 3.63) is 27.8 Å². The second-order valence-corrected chi connectivity index (χ2v) is 6.05. The van der Waals surface area contributed by atoms with E-state index < -0.39 is 0 Å². The second kappa shape index (κ2) is 4.72. The molecule has 1 aromatic rings. The summed E-state index contributed by atoms with van der Waals surface area (Å²) in [6.07, 6.45) is 2.07. The standard InChI is InChI=1S/C17H20O3/c1-9-10(2)16(11(3)17-15(9)4-5-20-17)12-6-13(18)8-14(19)7-12/h12H,4-8H2,1-3H3. The van der Waals surface area contributed by atoms with Gasteiger partial charge in [0, 0.05) is 24.8 Å². The highest BCUT2D eigenvalue weighted by Gasteiger charge is 2.31. The summed E-state index contributed by atoms with van der Waals surface area (Å²) in [6.45, 7) is 7.04. The van der Waals surface area contributed by atoms with Crippen LogP contribution in [0.1, 0.15) is 53.0 Å². The smallest absolute Gasteiger partial charge is 0.140 e. The number of rotatable bonds is 1. The predicted molar refractivity (Wildman–Crippen MR) is 76.5 cm³/mol. The quantitative estimate of drug-likeness (QED) is 0.738. The number of ether oxygens (including phenoxy) is 1. The lowest BCUT2D eigenvalue weighted by Crippen LogP contribution is -2.23. The van der Waals surface area contributed by atoms with Gasteiger partial charge in [0.1, 0.15) is 17.3 Å². The van der Waals surface area contributed by atoms with Gasteiger partial charge in [-0.3, -0.25) is 9.59 Å². The van der Waals surface area contributed by atoms with Crippen molar-refractivity contribution in [3.8, 4) is 5.75 Å². The number of carbonyl (C=O) groups excluding carboxylic acids is 2. The summed E-state index contributed by atoms with van der Waals surface area (Å²) < 4.78 is 5.78. The Labute approximate surface area is 119 Å². The molecule has 1 saturated carbocycles. The maximum Gasteiger partial charge on any atom is 0.140 e. The van der Waals surface area contributed by atoms with Gasteiger partial charge in [0.15, 0.2) is 0 Å². The van der Waals surface area contributed by atoms with Gasteiger partial charge in [0.05, 0.1) is 13.0 Å². The topological polar surface area (TPSA) is 43.4 Å². The maximum absolute atomic E-state index is 11.7. The fourth-order valence-corrected chi connectivity index (χ4v) is 3.78. The van der Waals surface area contributed by atoms with Crippen LogP contribution in [0.2, 0.25) is 0 Å². The molecule has 0 unspecified atom stereocenters. The first-order chi connectivity index (χ1) is 9.49. The molecule has 3 heteroatoms. The summed E-state index contributed by atoms with van der Waals surface area (Å²) in [7, 11) is 0. The van der Waals surface area contributed by atoms with Crippen LogP contribution in [-0.4, -0.2) is 18.2 Å². The summed E-state index contributed by atoms with van der Waals surface area (Å²) in [6, 6.07) is 0. The van der Waals surface area contributed by atoms with Crippen molar-refractivity contribution in [1.82, 2.24) is 0 Å². The Balaban J connectivity index is 2.12. The Morgan fingerprint density at radius 3 is 2.25 bits per heavy atom. The number of benzene rings is 1. The van der Waals surface area contributed by atoms with E-state index in [9.17, 15) is 9.59 Å². The Morgan fingerprint density at radius 1 is 0.950 bits per heavy atom. The van der Waals surface area contributed by atoms with E-state index in [1.165, 1.54) is 22.3 Å². The minimum Gasteiger partial charge on any atom is -0.493 e. The van der Waals surface area contributed by atoms with Gasteiger partial charge in [0.2, 0.25) is 0 Å². The van der Waals surface area contributed by atoms with Crippen LogP contribution in [0.4, 0.5) is 0 Å². The lowest BCUT2D eigenvalue weighted by atomic mass is 9.77. The zero-order valence-electron chi connectivity index (χ0n) is 12.3. The van der Waals surface area contributed by atoms with E-state index in [0.717, 1.165) is 24.3 Å². The first-order valence-electron chi connectivity index (χ1n) is 7.27. The van der Waals surface area contributed by atoms with Crippen molar-refractivity contribution in [2.24, 2.45) is 0 Å². The number of hydrogen-bond donors (Lipinski definition) is 0. The van der Waals surface area contributed by atoms with Crippen molar-refractivity contribution < 1.29 is 14.3 Å². The van der Waals surface area contributed by atoms with Crippen molar-refractivity contribution in [2.45, 2.75) is 52.4 Å². The number of Topliss-reactive ketones (excluding diaryl/α,β-unsaturated/α-hetero) is 2. The molecule has 0 amide bonds. The third-order valence-corrected chi connectivity index (χ3v) is 4.79. The molecule has 0 saturated heterocycles. The number of fused-ring (bicyclic) bond motifs is 1. The number of carbonyl (C=O) groups is 2. The van der Waals surface area contributed by atoms with Crippen molar-refractivity contribution >= 4 is 11.6 Å². The van der Waals surface area contributed by atoms with Gasteiger partial charge >= 0.3 is 0 Å². The molecule has 20 heavy (non-hydrogen) atoms. The van der Waals surface area contributed by atoms with Crippen LogP contribution in [0.3, 0.4) is 0 Å². The monoisotopic (exact) mass is 272 g/mol. The minimum absolute atomic E-state index is 0.0388. The average Bonchev–Trinajstić information content (AvgIpc) is 2.85. The maximum atomic E-state index is 11.7. The summed E-state index contributed by atoms with van der Waals surface area (Å²) in [5, 5.41) is 0. The zero-order chi connectivity index (χ0) is 14.4. The molecule has 0 aromatic heterocycles. The van der Waals surface area contributed by atoms with Crippen LogP contribution in [0.5, 0.6) is 5.75 Å². The van der Waals surface area contributed by atoms with E-state index in [2.05, 4.69) is 20.8 Å². The van der Waals surface area contributed by atoms with Crippen LogP contribution < -0.4 is 4.74 Å². The number of ketones is 2. The van der Waals surface area contributed by atoms with E-state index in [1.807, 2.05) is 0 Å². The van der Waals surface area contributed by atoms with Crippen molar-refractivity contribution in [2.75, 3.05) is 6.61 Å². The predicted octanol–water partition coefficient (Wildman–Crippen LogP) is 2.95. The van der Waals surface area contributed by atoms with Gasteiger partial charge in [0.25, 0.3) is 0 Å². The van der Waals surface area contributed by atoms with E-state index in [0.29, 0.717) is 12.8 Å². The fourth-order valence-electron chi connectivity index (χ4n) is 3.78. The van der Waals surface area contributed by atoms with Gasteiger partial charge < -0.3 is 4.74 Å². The lowest BCUT2D eigenvalue weighted by Gasteiger charge is -2.26. The molecular formula is C17H20O3. The highest BCUT2D eigenvalue weighted by atomic mass is 16.5. The second-order valence-electron chi connectivity index (χ2n) is 6.05. The molecule has 1 aliphatic heterocycles. The molecule has 1 aromatic carbocycles. The van der Waals surface area contributed by atoms with Crippen LogP contribution in [0.15, 0.2) is 0 Å². The van der Waals surface area contributed by atoms with Crippen molar-refractivity contribution in [3.63, 3.8) is 0 Å². The van der Waals surface area contributed by atoms with Crippen LogP contribution in [0.25, 0.3) is 0 Å². The van der Waals surface area contributed by atoms with E-state index in [4.69, 9.17) is 4.74 Å². The molecule has 3 rings (SSSR count). The molecule has 0 bridgehead atoms. The summed E-state index contributed by atoms with van der Waals surface area (Å²) in [5.41, 5.74) is 6.11. The van der Waals surface area contributed by atoms with Gasteiger partial charge in [-0.1, -0.05) is 0 Å². The van der Waals surface area contributed by atoms with Gasteiger partial charge in [-0.15, -0.1) is 0 Å². The lowest BCUT2D eigenvalue weighted by molar-refractivity contribution is -0.130. The molecule has 1 fully saturated rings. The molecular weight excluding hydrogens is 252 g/mol. The van der Waals surface area contributed by atoms with Crippen LogP contribution >= 0.6 is 0 Å². The minimum atomic E-state index is 0.0388. The normalized spacial score (nSPS) is 19.1. The third kappa shape index (κ3) is 1.96. The van der Waals surface area contributed by atoms with Crippen LogP contribution in [0, 0.1) is 20.8 Å². The Bertz CT molecular complexity index is 597. The van der Waals surface area contributed by atoms with E-state index in [1.54, 1.807) is 0 Å². The molecule has 0 radical (unpaired) electrons. The summed E-state index contributed by atoms with van der Waals surface area (Å²) in [4.78, 5) is 23.5. The Kier molecular flexibility index (Phi) is 3.15. The first-order valence-corrected chi connectivity index (χ1v) is 7.27. The fraction of sp³-hybridized carbons (Fsp3) is 0.529. The van der Waals surface area contributed by atoms with Gasteiger partial charge in [-0.05, 0) is 48.9 Å². The Hall–Kier alpha value is -1.64. The molecule has 0 N–H and O–H groups in total. The van der Waals surface area contributed by atoms with Gasteiger partial charge in [-0.25, -0.2) is 0 Å². The highest BCUT2D eigenvalue weighted by Crippen LogP contribution is 2.42. The molecule has 2 aliphatic rings. The SMILES string of the molecule is Cc1c(C)c(C2CC(=O)CC(=O)C2)c(C)c2c1CCO2. The summed E-state index contributed by atoms with van der Waals surface area (Å²) >= 11 is 0. The van der Waals surface area contributed by atoms with E-state index >= 15 is 0 Å². The highest BCUT2D eigenvalue weighted by molar-refractivity contribution is 6.02. The zero-order valence-corrected chi connectivity index (χ0v) is 12.3. The molecule has 3 nitrogen and oxygen atoms in total. The molecule has 1 aliphatic carbocycles. The Morgan fingerprint density at radius 2 is 1.60 bits per heavy atom. The third-order valence-electron chi connectivity index (χ3n) is 4.79. The molecule has 0 spiro atoms. The van der Waals surface area contributed by atoms with E-state index in [-0.39, 0.29) is 23.9 Å².